The molecule has 0 aromatic rings. The van der Waals surface area contributed by atoms with Gasteiger partial charge in [-0.3, -0.25) is 9.59 Å². The van der Waals surface area contributed by atoms with Gasteiger partial charge in [0.15, 0.2) is 11.4 Å². The van der Waals surface area contributed by atoms with Gasteiger partial charge < -0.3 is 29.5 Å². The molecule has 0 radical (unpaired) electrons. The van der Waals surface area contributed by atoms with Crippen LogP contribution in [0.5, 0.6) is 0 Å². The number of hydrogen-bond donors (Lipinski definition) is 3. The smallest absolute Gasteiger partial charge is 0.338 e. The fourth-order valence-electron chi connectivity index (χ4n) is 4.07. The lowest BCUT2D eigenvalue weighted by Crippen LogP contribution is -2.55. The third-order valence-corrected chi connectivity index (χ3v) is 6.00. The van der Waals surface area contributed by atoms with Crippen molar-refractivity contribution in [3.63, 3.8) is 0 Å². The quantitative estimate of drug-likeness (QED) is 0.186. The molecule has 2 fully saturated rings. The highest BCUT2D eigenvalue weighted by molar-refractivity contribution is 5.97. The van der Waals surface area contributed by atoms with Gasteiger partial charge in [-0.1, -0.05) is 12.8 Å². The van der Waals surface area contributed by atoms with E-state index in [1.54, 1.807) is 20.8 Å². The maximum Gasteiger partial charge on any atom is 0.338 e. The Morgan fingerprint density at radius 3 is 2.55 bits per heavy atom. The van der Waals surface area contributed by atoms with Crippen LogP contribution in [0.1, 0.15) is 72.6 Å². The summed E-state index contributed by atoms with van der Waals surface area (Å²) in [4.78, 5) is 35.3. The summed E-state index contributed by atoms with van der Waals surface area (Å²) in [5.74, 6) is 2.36. The minimum absolute atomic E-state index is 0.00588. The molecular formula is C24H36O9. The number of Topliss-reactive ketones (excluding diaryl/α,β-unsaturated/α-hetero) is 2. The van der Waals surface area contributed by atoms with Crippen LogP contribution in [0.25, 0.3) is 0 Å². The van der Waals surface area contributed by atoms with E-state index in [-0.39, 0.29) is 31.0 Å². The third kappa shape index (κ3) is 7.87. The number of fused-ring (bicyclic) bond motifs is 1. The number of aliphatic hydroxyl groups is 3. The summed E-state index contributed by atoms with van der Waals surface area (Å²) in [6.45, 7) is 6.51. The maximum atomic E-state index is 12.5. The van der Waals surface area contributed by atoms with Crippen LogP contribution in [0.2, 0.25) is 0 Å². The average Bonchev–Trinajstić information content (AvgIpc) is 3.03. The van der Waals surface area contributed by atoms with Crippen molar-refractivity contribution in [2.24, 2.45) is 5.92 Å². The van der Waals surface area contributed by atoms with Crippen LogP contribution in [0.15, 0.2) is 0 Å². The lowest BCUT2D eigenvalue weighted by atomic mass is 9.80. The molecule has 1 aliphatic heterocycles. The van der Waals surface area contributed by atoms with E-state index in [9.17, 15) is 29.7 Å². The molecule has 186 valence electrons. The maximum absolute atomic E-state index is 12.5. The molecule has 1 aliphatic carbocycles. The second kappa shape index (κ2) is 11.5. The normalized spacial score (nSPS) is 29.8. The molecular weight excluding hydrogens is 432 g/mol. The predicted molar refractivity (Wildman–Crippen MR) is 117 cm³/mol. The molecule has 0 amide bonds. The first kappa shape index (κ1) is 27.4. The number of hydrogen-bond acceptors (Lipinski definition) is 9. The largest absolute Gasteiger partial charge is 0.464 e. The number of unbranched alkanes of at least 4 members (excludes halogenated alkanes) is 1. The Kier molecular flexibility index (Phi) is 9.58. The van der Waals surface area contributed by atoms with Gasteiger partial charge in [-0.05, 0) is 46.0 Å². The fraction of sp³-hybridized carbons (Fsp3) is 0.792. The molecule has 9 heteroatoms. The van der Waals surface area contributed by atoms with Crippen molar-refractivity contribution < 1.29 is 43.9 Å². The first-order valence-corrected chi connectivity index (χ1v) is 11.5. The molecule has 1 heterocycles. The van der Waals surface area contributed by atoms with E-state index in [1.807, 2.05) is 0 Å². The molecule has 0 aromatic heterocycles. The van der Waals surface area contributed by atoms with E-state index in [4.69, 9.17) is 14.2 Å². The van der Waals surface area contributed by atoms with Crippen molar-refractivity contribution in [3.8, 4) is 11.8 Å². The van der Waals surface area contributed by atoms with Crippen molar-refractivity contribution >= 4 is 17.5 Å². The van der Waals surface area contributed by atoms with Crippen LogP contribution in [-0.2, 0) is 28.6 Å². The predicted octanol–water partition coefficient (Wildman–Crippen LogP) is 1.04. The van der Waals surface area contributed by atoms with E-state index in [1.165, 1.54) is 6.92 Å². The zero-order valence-corrected chi connectivity index (χ0v) is 19.8. The molecule has 33 heavy (non-hydrogen) atoms. The van der Waals surface area contributed by atoms with Crippen LogP contribution in [0.3, 0.4) is 0 Å². The Labute approximate surface area is 194 Å². The van der Waals surface area contributed by atoms with Crippen LogP contribution in [0, 0.1) is 17.8 Å². The lowest BCUT2D eigenvalue weighted by molar-refractivity contribution is -0.182. The van der Waals surface area contributed by atoms with Gasteiger partial charge in [-0.2, -0.15) is 0 Å². The Balaban J connectivity index is 1.70. The van der Waals surface area contributed by atoms with Crippen LogP contribution >= 0.6 is 0 Å². The highest BCUT2D eigenvalue weighted by atomic mass is 16.8. The highest BCUT2D eigenvalue weighted by Gasteiger charge is 2.56. The minimum atomic E-state index is -1.86. The van der Waals surface area contributed by atoms with E-state index >= 15 is 0 Å². The number of ketones is 2. The molecule has 2 aliphatic rings. The summed E-state index contributed by atoms with van der Waals surface area (Å²) in [5, 5.41) is 31.3. The van der Waals surface area contributed by atoms with Crippen molar-refractivity contribution in [2.75, 3.05) is 6.61 Å². The molecule has 9 nitrogen and oxygen atoms in total. The van der Waals surface area contributed by atoms with Gasteiger partial charge in [-0.15, -0.1) is 0 Å². The second-order valence-corrected chi connectivity index (χ2v) is 9.50. The summed E-state index contributed by atoms with van der Waals surface area (Å²) >= 11 is 0. The van der Waals surface area contributed by atoms with Gasteiger partial charge in [0.25, 0.3) is 0 Å². The van der Waals surface area contributed by atoms with Gasteiger partial charge in [0.05, 0.1) is 30.8 Å². The van der Waals surface area contributed by atoms with Gasteiger partial charge in [0.2, 0.25) is 5.78 Å². The number of carbonyl (C=O) groups is 3. The van der Waals surface area contributed by atoms with Crippen molar-refractivity contribution in [3.05, 3.63) is 0 Å². The summed E-state index contributed by atoms with van der Waals surface area (Å²) in [6, 6.07) is 0. The molecule has 6 atom stereocenters. The van der Waals surface area contributed by atoms with Crippen LogP contribution in [-0.4, -0.2) is 75.3 Å². The summed E-state index contributed by atoms with van der Waals surface area (Å²) in [6.07, 6.45) is -1.49. The molecule has 0 unspecified atom stereocenters. The number of esters is 1. The summed E-state index contributed by atoms with van der Waals surface area (Å²) < 4.78 is 16.5. The first-order chi connectivity index (χ1) is 15.3. The molecule has 0 spiro atoms. The Bertz CT molecular complexity index is 781. The minimum Gasteiger partial charge on any atom is -0.464 e. The van der Waals surface area contributed by atoms with E-state index in [0.717, 1.165) is 0 Å². The van der Waals surface area contributed by atoms with E-state index in [0.29, 0.717) is 32.1 Å². The van der Waals surface area contributed by atoms with Crippen molar-refractivity contribution in [1.82, 2.24) is 0 Å². The van der Waals surface area contributed by atoms with Gasteiger partial charge in [-0.25, -0.2) is 4.79 Å². The number of aliphatic hydroxyl groups excluding tert-OH is 2. The molecule has 0 aromatic carbocycles. The number of carbonyl (C=O) groups excluding carboxylic acids is 3. The van der Waals surface area contributed by atoms with E-state index in [2.05, 4.69) is 11.8 Å². The molecule has 3 N–H and O–H groups in total. The monoisotopic (exact) mass is 468 g/mol. The molecule has 1 saturated carbocycles. The molecule has 1 saturated heterocycles. The van der Waals surface area contributed by atoms with Gasteiger partial charge >= 0.3 is 5.97 Å². The Morgan fingerprint density at radius 1 is 1.18 bits per heavy atom. The van der Waals surface area contributed by atoms with Crippen LogP contribution in [0.4, 0.5) is 0 Å². The standard InChI is InChI=1S/C24H36O9/c1-15(25)9-5-6-10-17(26)16(2)18(27)11-7-8-12-31-22(29)24(30)13-19(28)21-20(14-24)32-23(3,4)33-21/h16,18-21,27-28,30H,5,7-9,11-14H2,1-4H3/t16-,18-,19-,20-,21+,24-/m1/s1. The average molecular weight is 469 g/mol. The highest BCUT2D eigenvalue weighted by Crippen LogP contribution is 2.41. The Morgan fingerprint density at radius 2 is 1.88 bits per heavy atom. The van der Waals surface area contributed by atoms with Gasteiger partial charge in [0, 0.05) is 25.7 Å². The zero-order valence-electron chi connectivity index (χ0n) is 19.8. The topological polar surface area (TPSA) is 140 Å². The Hall–Kier alpha value is -1.83. The summed E-state index contributed by atoms with van der Waals surface area (Å²) in [5.41, 5.74) is -1.86. The molecule has 2 rings (SSSR count). The third-order valence-electron chi connectivity index (χ3n) is 6.00. The van der Waals surface area contributed by atoms with E-state index < -0.39 is 47.7 Å². The summed E-state index contributed by atoms with van der Waals surface area (Å²) in [7, 11) is 0. The number of ether oxygens (including phenoxy) is 3. The van der Waals surface area contributed by atoms with Crippen molar-refractivity contribution in [1.29, 1.82) is 0 Å². The lowest BCUT2D eigenvalue weighted by Gasteiger charge is -2.37. The SMILES string of the molecule is CC(=O)CCC#CC(=O)[C@@H](C)[C@H](O)CCCCOC(=O)[C@@]1(O)C[C@@H](O)[C@@H]2OC(C)(C)O[C@@H]2C1. The molecule has 0 bridgehead atoms. The second-order valence-electron chi connectivity index (χ2n) is 9.50. The van der Waals surface area contributed by atoms with Crippen LogP contribution < -0.4 is 0 Å². The zero-order chi connectivity index (χ0) is 24.8. The van der Waals surface area contributed by atoms with Crippen molar-refractivity contribution in [2.45, 2.75) is 108 Å². The number of rotatable bonds is 10. The first-order valence-electron chi connectivity index (χ1n) is 11.5. The fourth-order valence-corrected chi connectivity index (χ4v) is 4.07. The van der Waals surface area contributed by atoms with Gasteiger partial charge in [0.1, 0.15) is 11.9 Å².